The molecule has 9 heteroatoms. The Labute approximate surface area is 117 Å². The predicted octanol–water partition coefficient (Wildman–Crippen LogP) is 2.34. The number of rotatable bonds is 3. The number of hydrazine groups is 1. The normalized spacial score (nSPS) is 10.6. The van der Waals surface area contributed by atoms with Crippen LogP contribution < -0.4 is 11.3 Å². The number of hydrogen-bond donors (Lipinski definition) is 2. The molecule has 0 spiro atoms. The number of benzene rings is 1. The minimum atomic E-state index is -0.0211. The van der Waals surface area contributed by atoms with E-state index < -0.39 is 0 Å². The molecular formula is C9H8ClFN4OS2. The summed E-state index contributed by atoms with van der Waals surface area (Å²) >= 11 is 10.7. The summed E-state index contributed by atoms with van der Waals surface area (Å²) < 4.78 is 18.9. The lowest BCUT2D eigenvalue weighted by molar-refractivity contribution is 0.288. The Morgan fingerprint density at radius 2 is 2.44 bits per heavy atom. The molecule has 0 radical (unpaired) electrons. The van der Waals surface area contributed by atoms with E-state index in [1.165, 1.54) is 6.20 Å². The Kier molecular flexibility index (Phi) is 4.23. The first-order valence-electron chi connectivity index (χ1n) is 4.75. The van der Waals surface area contributed by atoms with E-state index in [4.69, 9.17) is 34.4 Å². The van der Waals surface area contributed by atoms with E-state index in [0.717, 1.165) is 9.65 Å². The minimum Gasteiger partial charge on any atom is -0.465 e. The van der Waals surface area contributed by atoms with Crippen LogP contribution in [0.1, 0.15) is 5.56 Å². The van der Waals surface area contributed by atoms with Gasteiger partial charge >= 0.3 is 0 Å². The van der Waals surface area contributed by atoms with E-state index in [2.05, 4.69) is 10.5 Å². The van der Waals surface area contributed by atoms with Crippen LogP contribution in [0.2, 0.25) is 5.02 Å². The lowest BCUT2D eigenvalue weighted by atomic mass is 10.1. The molecule has 0 bridgehead atoms. The molecule has 3 N–H and O–H groups in total. The highest BCUT2D eigenvalue weighted by atomic mass is 35.5. The molecule has 0 atom stereocenters. The fraction of sp³-hybridized carbons (Fsp3) is 0.111. The van der Waals surface area contributed by atoms with Crippen LogP contribution in [0.4, 0.5) is 3.89 Å². The van der Waals surface area contributed by atoms with Crippen LogP contribution in [-0.2, 0) is 11.3 Å². The van der Waals surface area contributed by atoms with E-state index >= 15 is 0 Å². The molecule has 96 valence electrons. The number of nitrogens with two attached hydrogens (primary N) is 1. The number of nitrogens with one attached hydrogen (secondary N) is 1. The van der Waals surface area contributed by atoms with Gasteiger partial charge in [0.2, 0.25) is 0 Å². The van der Waals surface area contributed by atoms with Gasteiger partial charge in [-0.3, -0.25) is 5.43 Å². The fourth-order valence-electron chi connectivity index (χ4n) is 1.49. The molecule has 0 amide bonds. The summed E-state index contributed by atoms with van der Waals surface area (Å²) in [6, 6.07) is 3.41. The zero-order valence-corrected chi connectivity index (χ0v) is 11.3. The van der Waals surface area contributed by atoms with Gasteiger partial charge in [-0.2, -0.15) is 9.19 Å². The van der Waals surface area contributed by atoms with Crippen LogP contribution in [0.25, 0.3) is 10.9 Å². The van der Waals surface area contributed by atoms with Gasteiger partial charge in [0.05, 0.1) is 11.2 Å². The number of fused-ring (bicyclic) bond motifs is 1. The van der Waals surface area contributed by atoms with Crippen molar-refractivity contribution in [1.82, 2.24) is 14.6 Å². The van der Waals surface area contributed by atoms with Crippen molar-refractivity contribution in [3.63, 3.8) is 0 Å². The molecule has 0 aliphatic heterocycles. The van der Waals surface area contributed by atoms with E-state index in [1.807, 2.05) is 0 Å². The first kappa shape index (κ1) is 13.3. The quantitative estimate of drug-likeness (QED) is 0.515. The summed E-state index contributed by atoms with van der Waals surface area (Å²) in [7, 11) is 0. The number of nitrogens with zero attached hydrogens (tertiary/aromatic N) is 2. The molecule has 1 aromatic carbocycles. The van der Waals surface area contributed by atoms with Crippen molar-refractivity contribution in [1.29, 1.82) is 0 Å². The van der Waals surface area contributed by atoms with Gasteiger partial charge in [0.25, 0.3) is 5.17 Å². The average molecular weight is 307 g/mol. The van der Waals surface area contributed by atoms with Crippen molar-refractivity contribution >= 4 is 52.2 Å². The summed E-state index contributed by atoms with van der Waals surface area (Å²) in [4.78, 5) is 0. The van der Waals surface area contributed by atoms with Crippen LogP contribution in [0, 0.1) is 0 Å². The Bertz CT molecular complexity index is 591. The Balaban J connectivity index is 2.37. The van der Waals surface area contributed by atoms with Crippen molar-refractivity contribution in [2.75, 3.05) is 0 Å². The van der Waals surface area contributed by atoms with Gasteiger partial charge in [-0.25, -0.2) is 5.84 Å². The Hall–Kier alpha value is -1.09. The molecule has 1 heterocycles. The highest BCUT2D eigenvalue weighted by molar-refractivity contribution is 7.92. The molecule has 0 unspecified atom stereocenters. The molecule has 0 aliphatic rings. The third kappa shape index (κ3) is 2.51. The minimum absolute atomic E-state index is 0.0211. The molecular weight excluding hydrogens is 299 g/mol. The lowest BCUT2D eigenvalue weighted by Crippen LogP contribution is -2.30. The number of ether oxygens (including phenoxy) is 1. The highest BCUT2D eigenvalue weighted by Gasteiger charge is 2.12. The smallest absolute Gasteiger partial charge is 0.271 e. The number of halogens is 2. The second-order valence-corrected chi connectivity index (χ2v) is 4.54. The Morgan fingerprint density at radius 3 is 3.11 bits per heavy atom. The maximum Gasteiger partial charge on any atom is 0.271 e. The van der Waals surface area contributed by atoms with Crippen LogP contribution in [-0.4, -0.2) is 14.4 Å². The van der Waals surface area contributed by atoms with Crippen LogP contribution >= 0.6 is 36.2 Å². The first-order valence-corrected chi connectivity index (χ1v) is 6.21. The predicted molar refractivity (Wildman–Crippen MR) is 73.6 cm³/mol. The van der Waals surface area contributed by atoms with Gasteiger partial charge in [-0.05, 0) is 18.3 Å². The molecule has 1 aromatic heterocycles. The molecule has 2 rings (SSSR count). The summed E-state index contributed by atoms with van der Waals surface area (Å²) in [5.41, 5.74) is 3.49. The van der Waals surface area contributed by atoms with E-state index in [1.54, 1.807) is 12.1 Å². The molecule has 5 nitrogen and oxygen atoms in total. The van der Waals surface area contributed by atoms with E-state index in [9.17, 15) is 3.89 Å². The van der Waals surface area contributed by atoms with Gasteiger partial charge in [0.15, 0.2) is 12.3 Å². The highest BCUT2D eigenvalue weighted by Crippen LogP contribution is 2.29. The monoisotopic (exact) mass is 306 g/mol. The van der Waals surface area contributed by atoms with Gasteiger partial charge in [0, 0.05) is 10.9 Å². The Morgan fingerprint density at radius 1 is 1.67 bits per heavy atom. The maximum absolute atomic E-state index is 12.6. The van der Waals surface area contributed by atoms with E-state index in [-0.39, 0.29) is 24.1 Å². The number of aromatic nitrogens is 2. The van der Waals surface area contributed by atoms with Crippen molar-refractivity contribution < 1.29 is 8.62 Å². The molecule has 0 aliphatic carbocycles. The fourth-order valence-corrected chi connectivity index (χ4v) is 2.20. The first-order chi connectivity index (χ1) is 8.67. The molecule has 2 aromatic rings. The maximum atomic E-state index is 12.6. The topological polar surface area (TPSA) is 65.1 Å². The van der Waals surface area contributed by atoms with E-state index in [0.29, 0.717) is 15.9 Å². The zero-order valence-electron chi connectivity index (χ0n) is 8.89. The van der Waals surface area contributed by atoms with Crippen molar-refractivity contribution in [2.45, 2.75) is 6.61 Å². The van der Waals surface area contributed by atoms with Gasteiger partial charge in [-0.15, -0.1) is 3.89 Å². The second-order valence-electron chi connectivity index (χ2n) is 3.28. The molecule has 18 heavy (non-hydrogen) atoms. The summed E-state index contributed by atoms with van der Waals surface area (Å²) in [6.45, 7) is 0.194. The molecule has 0 saturated carbocycles. The van der Waals surface area contributed by atoms with Gasteiger partial charge < -0.3 is 4.74 Å². The second kappa shape index (κ2) is 5.70. The standard InChI is InChI=1S/C9H8ClFN4OS2/c10-7-2-1-5(4-16-9(17)14-12)6-3-13-15(18-11)8(6)7/h1-3H,4,12H2,(H,14,17). The van der Waals surface area contributed by atoms with Crippen molar-refractivity contribution in [3.05, 3.63) is 28.9 Å². The largest absolute Gasteiger partial charge is 0.465 e. The lowest BCUT2D eigenvalue weighted by Gasteiger charge is -2.08. The SMILES string of the molecule is NNC(=S)OCc1ccc(Cl)c2c1cnn2SF. The number of thiocarbonyl (C=S) groups is 1. The van der Waals surface area contributed by atoms with Gasteiger partial charge in [0.1, 0.15) is 12.1 Å². The number of hydrogen-bond acceptors (Lipinski definition) is 5. The zero-order chi connectivity index (χ0) is 13.1. The summed E-state index contributed by atoms with van der Waals surface area (Å²) in [5, 5.41) is 5.06. The van der Waals surface area contributed by atoms with Crippen molar-refractivity contribution in [3.8, 4) is 0 Å². The van der Waals surface area contributed by atoms with Crippen LogP contribution in [0.3, 0.4) is 0 Å². The molecule has 0 saturated heterocycles. The average Bonchev–Trinajstić information content (AvgIpc) is 2.82. The molecule has 0 fully saturated rings. The van der Waals surface area contributed by atoms with Crippen LogP contribution in [0.5, 0.6) is 0 Å². The van der Waals surface area contributed by atoms with Crippen molar-refractivity contribution in [2.24, 2.45) is 5.84 Å². The van der Waals surface area contributed by atoms with Crippen LogP contribution in [0.15, 0.2) is 18.3 Å². The van der Waals surface area contributed by atoms with Gasteiger partial charge in [-0.1, -0.05) is 17.7 Å². The summed E-state index contributed by atoms with van der Waals surface area (Å²) in [6.07, 6.45) is 1.52. The third-order valence-electron chi connectivity index (χ3n) is 2.28. The third-order valence-corrected chi connectivity index (χ3v) is 3.23. The summed E-state index contributed by atoms with van der Waals surface area (Å²) in [5.74, 6) is 5.09.